The van der Waals surface area contributed by atoms with E-state index in [1.54, 1.807) is 24.5 Å². The van der Waals surface area contributed by atoms with Crippen LogP contribution < -0.4 is 11.1 Å². The van der Waals surface area contributed by atoms with Crippen molar-refractivity contribution in [1.82, 2.24) is 19.9 Å². The van der Waals surface area contributed by atoms with Gasteiger partial charge in [-0.3, -0.25) is 9.78 Å². The summed E-state index contributed by atoms with van der Waals surface area (Å²) in [4.78, 5) is 28.3. The topological polar surface area (TPSA) is 107 Å². The Labute approximate surface area is 136 Å². The summed E-state index contributed by atoms with van der Waals surface area (Å²) in [5, 5.41) is 2.72. The molecule has 0 saturated heterocycles. The third-order valence-electron chi connectivity index (χ3n) is 2.95. The first-order valence-corrected chi connectivity index (χ1v) is 6.98. The Morgan fingerprint density at radius 2 is 1.91 bits per heavy atom. The van der Waals surface area contributed by atoms with Crippen molar-refractivity contribution in [2.24, 2.45) is 0 Å². The number of hydrogen-bond donors (Lipinski definition) is 2. The van der Waals surface area contributed by atoms with E-state index in [4.69, 9.17) is 17.3 Å². The molecule has 1 amide bonds. The van der Waals surface area contributed by atoms with Gasteiger partial charge in [-0.2, -0.15) is 0 Å². The number of halogens is 1. The Balaban J connectivity index is 1.86. The molecule has 0 unspecified atom stereocenters. The summed E-state index contributed by atoms with van der Waals surface area (Å²) in [6.45, 7) is 0. The lowest BCUT2D eigenvalue weighted by molar-refractivity contribution is 0.102. The van der Waals surface area contributed by atoms with Gasteiger partial charge in [0.05, 0.1) is 11.9 Å². The molecule has 0 aromatic carbocycles. The van der Waals surface area contributed by atoms with Gasteiger partial charge in [0.15, 0.2) is 11.5 Å². The van der Waals surface area contributed by atoms with Crippen LogP contribution in [0.5, 0.6) is 0 Å². The molecule has 0 aliphatic carbocycles. The fourth-order valence-corrected chi connectivity index (χ4v) is 2.04. The number of nitrogens with zero attached hydrogens (tertiary/aromatic N) is 4. The lowest BCUT2D eigenvalue weighted by Crippen LogP contribution is -2.17. The second-order valence-electron chi connectivity index (χ2n) is 4.52. The number of amides is 1. The normalized spacial score (nSPS) is 10.3. The minimum atomic E-state index is -0.531. The van der Waals surface area contributed by atoms with Crippen molar-refractivity contribution in [2.75, 3.05) is 11.1 Å². The molecule has 3 aromatic rings. The van der Waals surface area contributed by atoms with E-state index < -0.39 is 5.91 Å². The maximum absolute atomic E-state index is 12.2. The van der Waals surface area contributed by atoms with Crippen LogP contribution in [0.2, 0.25) is 5.15 Å². The molecule has 0 aliphatic rings. The van der Waals surface area contributed by atoms with Gasteiger partial charge in [-0.25, -0.2) is 15.0 Å². The van der Waals surface area contributed by atoms with Crippen molar-refractivity contribution < 1.29 is 4.79 Å². The monoisotopic (exact) mass is 326 g/mol. The van der Waals surface area contributed by atoms with Crippen LogP contribution in [0.25, 0.3) is 11.3 Å². The average Bonchev–Trinajstić information content (AvgIpc) is 2.58. The Kier molecular flexibility index (Phi) is 4.11. The molecule has 0 spiro atoms. The number of aromatic nitrogens is 4. The highest BCUT2D eigenvalue weighted by atomic mass is 35.5. The van der Waals surface area contributed by atoms with Crippen LogP contribution in [0.4, 0.5) is 11.6 Å². The maximum Gasteiger partial charge on any atom is 0.279 e. The second-order valence-corrected chi connectivity index (χ2v) is 4.91. The van der Waals surface area contributed by atoms with Gasteiger partial charge in [-0.05, 0) is 24.3 Å². The van der Waals surface area contributed by atoms with E-state index in [2.05, 4.69) is 25.3 Å². The van der Waals surface area contributed by atoms with E-state index in [1.807, 2.05) is 18.2 Å². The summed E-state index contributed by atoms with van der Waals surface area (Å²) in [6, 6.07) is 8.93. The number of carbonyl (C=O) groups is 1. The molecule has 3 aromatic heterocycles. The first-order valence-electron chi connectivity index (χ1n) is 6.60. The molecule has 0 aliphatic heterocycles. The first kappa shape index (κ1) is 14.9. The van der Waals surface area contributed by atoms with Crippen LogP contribution in [0.1, 0.15) is 10.5 Å². The summed E-state index contributed by atoms with van der Waals surface area (Å²) < 4.78 is 0. The quantitative estimate of drug-likeness (QED) is 0.765. The molecule has 3 heterocycles. The average molecular weight is 327 g/mol. The Hall–Kier alpha value is -3.06. The number of carbonyl (C=O) groups excluding carboxylic acids is 1. The maximum atomic E-state index is 12.2. The SMILES string of the molecule is Nc1ncc(Cl)nc1C(=O)Nc1cccc(-c2ccncc2)n1. The van der Waals surface area contributed by atoms with Crippen LogP contribution in [0.15, 0.2) is 48.9 Å². The van der Waals surface area contributed by atoms with Gasteiger partial charge in [0.2, 0.25) is 0 Å². The third kappa shape index (κ3) is 3.41. The van der Waals surface area contributed by atoms with Crippen molar-refractivity contribution in [2.45, 2.75) is 0 Å². The Bertz CT molecular complexity index is 856. The van der Waals surface area contributed by atoms with E-state index >= 15 is 0 Å². The zero-order valence-corrected chi connectivity index (χ0v) is 12.5. The number of nitrogens with two attached hydrogens (primary N) is 1. The minimum absolute atomic E-state index is 0.00260. The van der Waals surface area contributed by atoms with Crippen LogP contribution in [0.3, 0.4) is 0 Å². The fourth-order valence-electron chi connectivity index (χ4n) is 1.91. The number of anilines is 2. The van der Waals surface area contributed by atoms with Gasteiger partial charge in [0, 0.05) is 18.0 Å². The van der Waals surface area contributed by atoms with Gasteiger partial charge in [0.1, 0.15) is 11.0 Å². The van der Waals surface area contributed by atoms with Gasteiger partial charge >= 0.3 is 0 Å². The smallest absolute Gasteiger partial charge is 0.279 e. The van der Waals surface area contributed by atoms with Gasteiger partial charge in [0.25, 0.3) is 5.91 Å². The molecule has 0 atom stereocenters. The standard InChI is InChI=1S/C15H11ClN6O/c16-11-8-19-14(17)13(21-11)15(23)22-12-3-1-2-10(20-12)9-4-6-18-7-5-9/h1-8H,(H2,17,19)(H,20,22,23). The molecule has 3 rings (SSSR count). The number of rotatable bonds is 3. The van der Waals surface area contributed by atoms with E-state index in [9.17, 15) is 4.79 Å². The molecular weight excluding hydrogens is 316 g/mol. The van der Waals surface area contributed by atoms with Crippen molar-refractivity contribution in [3.8, 4) is 11.3 Å². The van der Waals surface area contributed by atoms with Gasteiger partial charge < -0.3 is 11.1 Å². The van der Waals surface area contributed by atoms with E-state index in [1.165, 1.54) is 6.20 Å². The lowest BCUT2D eigenvalue weighted by Gasteiger charge is -2.07. The molecule has 0 fully saturated rings. The highest BCUT2D eigenvalue weighted by Crippen LogP contribution is 2.18. The van der Waals surface area contributed by atoms with Gasteiger partial charge in [-0.15, -0.1) is 0 Å². The molecular formula is C15H11ClN6O. The summed E-state index contributed by atoms with van der Waals surface area (Å²) in [6.07, 6.45) is 4.62. The van der Waals surface area contributed by atoms with Crippen molar-refractivity contribution in [1.29, 1.82) is 0 Å². The zero-order valence-electron chi connectivity index (χ0n) is 11.8. The summed E-state index contributed by atoms with van der Waals surface area (Å²) in [5.74, 6) is -0.167. The van der Waals surface area contributed by atoms with Crippen molar-refractivity contribution in [3.63, 3.8) is 0 Å². The number of nitrogen functional groups attached to an aromatic ring is 1. The van der Waals surface area contributed by atoms with Crippen molar-refractivity contribution >= 4 is 29.1 Å². The van der Waals surface area contributed by atoms with Gasteiger partial charge in [-0.1, -0.05) is 17.7 Å². The molecule has 0 saturated carbocycles. The molecule has 3 N–H and O–H groups in total. The molecule has 0 bridgehead atoms. The van der Waals surface area contributed by atoms with Crippen LogP contribution in [-0.4, -0.2) is 25.8 Å². The van der Waals surface area contributed by atoms with Crippen molar-refractivity contribution in [3.05, 3.63) is 59.8 Å². The van der Waals surface area contributed by atoms with Crippen LogP contribution >= 0.6 is 11.6 Å². The molecule has 7 nitrogen and oxygen atoms in total. The first-order chi connectivity index (χ1) is 11.1. The predicted molar refractivity (Wildman–Crippen MR) is 86.9 cm³/mol. The van der Waals surface area contributed by atoms with E-state index in [0.29, 0.717) is 11.5 Å². The predicted octanol–water partition coefficient (Wildman–Crippen LogP) is 2.42. The summed E-state index contributed by atoms with van der Waals surface area (Å²) in [5.41, 5.74) is 7.19. The molecule has 8 heteroatoms. The highest BCUT2D eigenvalue weighted by Gasteiger charge is 2.14. The molecule has 0 radical (unpaired) electrons. The number of nitrogens with one attached hydrogen (secondary N) is 1. The number of pyridine rings is 2. The van der Waals surface area contributed by atoms with E-state index in [-0.39, 0.29) is 16.7 Å². The van der Waals surface area contributed by atoms with Crippen LogP contribution in [-0.2, 0) is 0 Å². The fraction of sp³-hybridized carbons (Fsp3) is 0. The third-order valence-corrected chi connectivity index (χ3v) is 3.14. The molecule has 23 heavy (non-hydrogen) atoms. The highest BCUT2D eigenvalue weighted by molar-refractivity contribution is 6.29. The Morgan fingerprint density at radius 3 is 2.70 bits per heavy atom. The largest absolute Gasteiger partial charge is 0.382 e. The zero-order chi connectivity index (χ0) is 16.2. The number of hydrogen-bond acceptors (Lipinski definition) is 6. The molecule has 114 valence electrons. The van der Waals surface area contributed by atoms with Crippen LogP contribution in [0, 0.1) is 0 Å². The van der Waals surface area contributed by atoms with E-state index in [0.717, 1.165) is 5.56 Å². The summed E-state index contributed by atoms with van der Waals surface area (Å²) >= 11 is 5.74. The lowest BCUT2D eigenvalue weighted by atomic mass is 10.2. The second kappa shape index (κ2) is 6.37. The summed E-state index contributed by atoms with van der Waals surface area (Å²) in [7, 11) is 0. The Morgan fingerprint density at radius 1 is 1.13 bits per heavy atom. The minimum Gasteiger partial charge on any atom is -0.382 e.